The number of fused-ring (bicyclic) bond motifs is 2. The number of unbranched alkanes of at least 4 members (excludes halogenated alkanes) is 5. The first-order chi connectivity index (χ1) is 60.9. The summed E-state index contributed by atoms with van der Waals surface area (Å²) < 4.78 is 34.5. The molecule has 0 saturated carbocycles. The van der Waals surface area contributed by atoms with Crippen LogP contribution in [0.15, 0.2) is 218 Å². The Morgan fingerprint density at radius 3 is 1.72 bits per heavy atom. The number of methoxy groups -OCH3 is 2. The molecule has 2 aliphatic heterocycles. The first kappa shape index (κ1) is 94.8. The van der Waals surface area contributed by atoms with E-state index in [1.807, 2.05) is 78.9 Å². The molecule has 11 rings (SSSR count). The number of allylic oxidation sites excluding steroid dienone is 8. The first-order valence-corrected chi connectivity index (χ1v) is 45.0. The molecule has 0 fully saturated rings. The van der Waals surface area contributed by atoms with Crippen LogP contribution in [-0.2, 0) is 85.3 Å². The highest BCUT2D eigenvalue weighted by Gasteiger charge is 2.45. The van der Waals surface area contributed by atoms with Crippen molar-refractivity contribution >= 4 is 58.0 Å². The van der Waals surface area contributed by atoms with Crippen LogP contribution in [0.4, 0.5) is 15.8 Å². The third-order valence-electron chi connectivity index (χ3n) is 23.9. The molecule has 4 aromatic heterocycles. The third kappa shape index (κ3) is 26.9. The van der Waals surface area contributed by atoms with E-state index in [9.17, 15) is 38.3 Å². The zero-order valence-electron chi connectivity index (χ0n) is 75.2. The molecule has 666 valence electrons. The lowest BCUT2D eigenvalue weighted by Gasteiger charge is -2.27. The third-order valence-corrected chi connectivity index (χ3v) is 23.9. The average Bonchev–Trinajstić information content (AvgIpc) is 1.59. The molecule has 0 saturated heterocycles. The second kappa shape index (κ2) is 46.9. The lowest BCUT2D eigenvalue weighted by atomic mass is 9.79. The number of alkyl halides is 1. The Labute approximate surface area is 743 Å². The molecule has 1 unspecified atom stereocenters. The number of carbonyl (C=O) groups is 6. The molecule has 0 spiro atoms. The Kier molecular flexibility index (Phi) is 35.3. The molecule has 0 bridgehead atoms. The van der Waals surface area contributed by atoms with Gasteiger partial charge in [0.2, 0.25) is 23.4 Å². The highest BCUT2D eigenvalue weighted by atomic mass is 18.2. The smallest absolute Gasteiger partial charge is 0.304 e. The van der Waals surface area contributed by atoms with Gasteiger partial charge in [-0.1, -0.05) is 107 Å². The van der Waals surface area contributed by atoms with Crippen molar-refractivity contribution in [3.05, 3.63) is 274 Å². The number of carboxylic acids is 1. The Bertz CT molecular complexity index is 4940. The van der Waals surface area contributed by atoms with Gasteiger partial charge >= 0.3 is 5.97 Å². The van der Waals surface area contributed by atoms with Crippen molar-refractivity contribution in [2.75, 3.05) is 51.9 Å². The van der Waals surface area contributed by atoms with Gasteiger partial charge in [-0.05, 0) is 240 Å². The fourth-order valence-electron chi connectivity index (χ4n) is 17.1. The molecule has 4 atom stereocenters. The number of aryl methyl sites for hydroxylation is 1. The van der Waals surface area contributed by atoms with Crippen LogP contribution in [-0.4, -0.2) is 146 Å². The Morgan fingerprint density at radius 2 is 1.16 bits per heavy atom. The van der Waals surface area contributed by atoms with Crippen molar-refractivity contribution in [3.8, 4) is 17.2 Å². The number of Topliss-reactive ketones (excluding diaryl/α,β-unsaturated/α-hetero) is 1. The van der Waals surface area contributed by atoms with E-state index < -0.39 is 72.4 Å². The van der Waals surface area contributed by atoms with Gasteiger partial charge < -0.3 is 45.5 Å². The number of nitrogens with one attached hydrogen (secondary N) is 4. The lowest BCUT2D eigenvalue weighted by molar-refractivity contribution is -0.438. The van der Waals surface area contributed by atoms with Gasteiger partial charge in [0, 0.05) is 137 Å². The number of amides is 4. The van der Waals surface area contributed by atoms with Gasteiger partial charge in [-0.2, -0.15) is 4.58 Å². The van der Waals surface area contributed by atoms with Crippen molar-refractivity contribution in [2.24, 2.45) is 5.92 Å². The predicted molar refractivity (Wildman–Crippen MR) is 494 cm³/mol. The summed E-state index contributed by atoms with van der Waals surface area (Å²) in [5.41, 5.74) is 18.0. The van der Waals surface area contributed by atoms with Crippen molar-refractivity contribution < 1.29 is 57.1 Å². The number of nitrogens with zero attached hydrogens (tertiary/aromatic N) is 8. The van der Waals surface area contributed by atoms with Crippen LogP contribution < -0.4 is 40.4 Å². The number of hydrogen-bond donors (Lipinski definition) is 5. The van der Waals surface area contributed by atoms with Crippen molar-refractivity contribution in [1.82, 2.24) is 51.0 Å². The Hall–Kier alpha value is -11.8. The minimum Gasteiger partial charge on any atom is -0.497 e. The zero-order chi connectivity index (χ0) is 89.5. The quantitative estimate of drug-likeness (QED) is 0.0175. The van der Waals surface area contributed by atoms with Gasteiger partial charge in [0.1, 0.15) is 29.8 Å². The number of aromatic nitrogens is 4. The molecular formula is C103H128FN12O10+. The molecule has 22 nitrogen and oxygen atoms in total. The van der Waals surface area contributed by atoms with Gasteiger partial charge in [0.05, 0.1) is 67.4 Å². The van der Waals surface area contributed by atoms with E-state index in [1.165, 1.54) is 57.6 Å². The van der Waals surface area contributed by atoms with E-state index in [1.54, 1.807) is 39.0 Å². The summed E-state index contributed by atoms with van der Waals surface area (Å²) in [6.45, 7) is 22.2. The maximum Gasteiger partial charge on any atom is 0.304 e. The molecule has 23 heteroatoms. The summed E-state index contributed by atoms with van der Waals surface area (Å²) in [6, 6.07) is 49.0. The summed E-state index contributed by atoms with van der Waals surface area (Å²) in [4.78, 5) is 107. The van der Waals surface area contributed by atoms with E-state index in [0.717, 1.165) is 128 Å². The molecule has 6 heterocycles. The van der Waals surface area contributed by atoms with Crippen molar-refractivity contribution in [3.63, 3.8) is 0 Å². The van der Waals surface area contributed by atoms with E-state index in [4.69, 9.17) is 14.2 Å². The molecule has 0 radical (unpaired) electrons. The van der Waals surface area contributed by atoms with Gasteiger partial charge in [-0.15, -0.1) is 0 Å². The maximum absolute atomic E-state index is 14.6. The number of rotatable bonds is 49. The monoisotopic (exact) mass is 1710 g/mol. The van der Waals surface area contributed by atoms with Gasteiger partial charge in [-0.3, -0.25) is 58.5 Å². The minimum absolute atomic E-state index is 0.00447. The van der Waals surface area contributed by atoms with E-state index >= 15 is 0 Å². The SMILES string of the molecule is CCCCC[N+]1=C(/C=C/C2=C(c3ccc(CCC(=O)N[C@@H](CCCCNC(=O)C(C)[18F])C(=O)C[C@@H](CC(=O)O)C(=O)N[C@@H](C)C(=O)NCCCCOc4cc(CN(Cc5ccccn5)Cc5ccccn5)cc(CN(Cc5ccccn5)Cc5ccccn5)c4)cc3)C(=C/C=C3/N(CCCC)c4ccc(OC)cc4C3(C)C)/CCC2)C(C)(C)c2cc(OC)ccc21. The lowest BCUT2D eigenvalue weighted by Crippen LogP contribution is -2.48. The number of hydrogen-bond acceptors (Lipinski definition) is 16. The fraction of sp³-hybridized carbons (Fsp3) is 0.427. The first-order valence-electron chi connectivity index (χ1n) is 45.0. The molecule has 126 heavy (non-hydrogen) atoms. The van der Waals surface area contributed by atoms with E-state index in [-0.39, 0.29) is 36.8 Å². The predicted octanol–water partition coefficient (Wildman–Crippen LogP) is 17.4. The molecule has 3 aliphatic rings. The van der Waals surface area contributed by atoms with Gasteiger partial charge in [-0.25, -0.2) is 4.39 Å². The second-order valence-electron chi connectivity index (χ2n) is 34.4. The van der Waals surface area contributed by atoms with E-state index in [0.29, 0.717) is 83.7 Å². The molecule has 4 aromatic carbocycles. The number of carboxylic acid groups (broad SMARTS) is 1. The summed E-state index contributed by atoms with van der Waals surface area (Å²) in [5, 5.41) is 21.2. The maximum atomic E-state index is 14.6. The number of pyridine rings is 4. The molecule has 4 amide bonds. The number of anilines is 1. The van der Waals surface area contributed by atoms with Gasteiger partial charge in [0.15, 0.2) is 17.7 Å². The van der Waals surface area contributed by atoms with Crippen LogP contribution in [0.2, 0.25) is 0 Å². The van der Waals surface area contributed by atoms with Crippen LogP contribution in [0, 0.1) is 5.92 Å². The summed E-state index contributed by atoms with van der Waals surface area (Å²) in [5.74, 6) is -3.50. The van der Waals surface area contributed by atoms with E-state index in [2.05, 4.69) is 199 Å². The van der Waals surface area contributed by atoms with Crippen LogP contribution >= 0.6 is 0 Å². The number of carbonyl (C=O) groups excluding carboxylic acids is 5. The van der Waals surface area contributed by atoms with Crippen molar-refractivity contribution in [1.29, 1.82) is 0 Å². The summed E-state index contributed by atoms with van der Waals surface area (Å²) in [7, 11) is 3.43. The highest BCUT2D eigenvalue weighted by molar-refractivity contribution is 6.04. The minimum atomic E-state index is -1.72. The molecule has 1 aliphatic carbocycles. The second-order valence-corrected chi connectivity index (χ2v) is 34.4. The molecule has 8 aromatic rings. The standard InChI is InChI=1S/C103H127FN12O10/c1-11-13-26-57-116-92-46-44-86(125-10)65-89(92)103(7,8)95(116)48-42-78-30-28-29-77(41-47-94-102(5,6)88-64-85(124-9)43-45-91(88)115(94)56-14-12-2)98(78)79-39-36-74(37-40-79)38-49-96(118)112-90(35-19-24-54-109-99(121)72(3)104)93(117)62-80(63-97(119)120)101(123)111-73(4)100(122)110-55-25-27-58-126-87-60-75(66-113(68-81-31-15-20-50-105-81)69-82-32-16-21-51-106-82)59-76(61-87)67-114(70-83-33-17-22-52-107-83)71-84-34-18-23-53-108-84/h15-18,20-23,31-34,36-37,39-48,50-53,59-61,64-65,72-73,80,90H,11-14,19,24-30,35,38,49,54-58,62-63,66-71H2,1-10H3,(H4-,109,110,111,112,118,119,120,121,122,123)/p+1/t72?,73-,80-,90-/m0/s1/i104-1. The fourth-order valence-corrected chi connectivity index (χ4v) is 17.1. The topological polar surface area (TPSA) is 263 Å². The summed E-state index contributed by atoms with van der Waals surface area (Å²) >= 11 is 0. The van der Waals surface area contributed by atoms with Crippen molar-refractivity contribution in [2.45, 2.75) is 233 Å². The van der Waals surface area contributed by atoms with Crippen LogP contribution in [0.1, 0.15) is 214 Å². The Morgan fingerprint density at radius 1 is 0.579 bits per heavy atom. The molecule has 5 N–H and O–H groups in total. The zero-order valence-corrected chi connectivity index (χ0v) is 75.2. The number of benzene rings is 4. The largest absolute Gasteiger partial charge is 0.497 e. The highest BCUT2D eigenvalue weighted by Crippen LogP contribution is 2.50. The van der Waals surface area contributed by atoms with Crippen LogP contribution in [0.25, 0.3) is 5.57 Å². The average molecular weight is 1710 g/mol. The van der Waals surface area contributed by atoms with Crippen LogP contribution in [0.5, 0.6) is 17.2 Å². The van der Waals surface area contributed by atoms with Gasteiger partial charge in [0.25, 0.3) is 5.91 Å². The number of ether oxygens (including phenoxy) is 3. The number of aliphatic carboxylic acids is 1. The Balaban J connectivity index is 0.753. The molecular weight excluding hydrogens is 1580 g/mol. The number of ketones is 1. The van der Waals surface area contributed by atoms with Crippen LogP contribution in [0.3, 0.4) is 0 Å². The number of halogens is 1. The summed E-state index contributed by atoms with van der Waals surface area (Å²) in [6.07, 6.45) is 23.8. The normalized spacial score (nSPS) is 15.6.